The minimum atomic E-state index is -3.85. The van der Waals surface area contributed by atoms with Gasteiger partial charge in [0.1, 0.15) is 11.0 Å². The Morgan fingerprint density at radius 2 is 1.81 bits per heavy atom. The number of nitrogen functional groups attached to an aromatic ring is 1. The fourth-order valence-corrected chi connectivity index (χ4v) is 3.17. The summed E-state index contributed by atoms with van der Waals surface area (Å²) in [5.74, 6) is -0.0169. The minimum Gasteiger partial charge on any atom is -0.398 e. The lowest BCUT2D eigenvalue weighted by Crippen LogP contribution is -2.15. The third kappa shape index (κ3) is 3.55. The third-order valence-corrected chi connectivity index (χ3v) is 4.59. The first kappa shape index (κ1) is 15.8. The lowest BCUT2D eigenvalue weighted by molar-refractivity contribution is 0.601. The number of sulfonamides is 1. The highest BCUT2D eigenvalue weighted by atomic mass is 35.5. The molecule has 0 unspecified atom stereocenters. The largest absolute Gasteiger partial charge is 0.398 e. The van der Waals surface area contributed by atoms with Crippen molar-refractivity contribution >= 4 is 44.7 Å². The predicted octanol–water partition coefficient (Wildman–Crippen LogP) is 2.78. The van der Waals surface area contributed by atoms with E-state index >= 15 is 0 Å². The highest BCUT2D eigenvalue weighted by Crippen LogP contribution is 2.24. The molecule has 0 bridgehead atoms. The van der Waals surface area contributed by atoms with Crippen molar-refractivity contribution in [2.75, 3.05) is 10.5 Å². The molecule has 6 nitrogen and oxygen atoms in total. The molecule has 2 aromatic rings. The fraction of sp³-hybridized carbons (Fsp3) is 0.167. The molecule has 9 heteroatoms. The van der Waals surface area contributed by atoms with E-state index in [4.69, 9.17) is 28.9 Å². The van der Waals surface area contributed by atoms with Crippen LogP contribution in [-0.4, -0.2) is 18.4 Å². The number of hydrogen-bond donors (Lipinski definition) is 2. The Morgan fingerprint density at radius 1 is 1.14 bits per heavy atom. The van der Waals surface area contributed by atoms with Crippen molar-refractivity contribution in [1.29, 1.82) is 0 Å². The van der Waals surface area contributed by atoms with Crippen LogP contribution in [0.1, 0.15) is 11.1 Å². The Morgan fingerprint density at radius 3 is 2.38 bits per heavy atom. The van der Waals surface area contributed by atoms with Crippen LogP contribution in [0.5, 0.6) is 0 Å². The Bertz CT molecular complexity index is 766. The maximum absolute atomic E-state index is 12.3. The number of benzene rings is 1. The molecule has 1 aromatic carbocycles. The van der Waals surface area contributed by atoms with Gasteiger partial charge in [-0.15, -0.1) is 0 Å². The lowest BCUT2D eigenvalue weighted by atomic mass is 10.1. The molecular weight excluding hydrogens is 335 g/mol. The summed E-state index contributed by atoms with van der Waals surface area (Å²) in [6, 6.07) is 4.17. The third-order valence-electron chi connectivity index (χ3n) is 2.90. The van der Waals surface area contributed by atoms with Crippen LogP contribution in [0.3, 0.4) is 0 Å². The zero-order valence-corrected chi connectivity index (χ0v) is 13.5. The van der Waals surface area contributed by atoms with E-state index in [-0.39, 0.29) is 21.2 Å². The number of nitrogens with two attached hydrogens (primary N) is 1. The zero-order chi connectivity index (χ0) is 15.8. The number of halogens is 2. The van der Waals surface area contributed by atoms with E-state index < -0.39 is 10.0 Å². The number of hydrogen-bond acceptors (Lipinski definition) is 5. The standard InChI is InChI=1S/C12H12Cl2N4O2S/c1-6-3-8(4-9(15)7(6)2)21(19,20)18-11-5-10(13)16-12(14)17-11/h3-5H,15H2,1-2H3,(H,16,17,18). The lowest BCUT2D eigenvalue weighted by Gasteiger charge is -2.11. The molecule has 1 heterocycles. The maximum atomic E-state index is 12.3. The zero-order valence-electron chi connectivity index (χ0n) is 11.2. The van der Waals surface area contributed by atoms with Gasteiger partial charge in [-0.1, -0.05) is 11.6 Å². The predicted molar refractivity (Wildman–Crippen MR) is 83.2 cm³/mol. The monoisotopic (exact) mass is 346 g/mol. The number of aryl methyl sites for hydroxylation is 1. The number of nitrogens with one attached hydrogen (secondary N) is 1. The minimum absolute atomic E-state index is 0.0169. The van der Waals surface area contributed by atoms with E-state index in [1.54, 1.807) is 6.92 Å². The molecule has 0 saturated heterocycles. The first-order valence-electron chi connectivity index (χ1n) is 5.78. The van der Waals surface area contributed by atoms with Crippen LogP contribution in [0, 0.1) is 13.8 Å². The van der Waals surface area contributed by atoms with E-state index in [9.17, 15) is 8.42 Å². The van der Waals surface area contributed by atoms with E-state index in [0.29, 0.717) is 5.69 Å². The van der Waals surface area contributed by atoms with Crippen LogP contribution in [0.25, 0.3) is 0 Å². The topological polar surface area (TPSA) is 98.0 Å². The Hall–Kier alpha value is -1.57. The van der Waals surface area contributed by atoms with Gasteiger partial charge >= 0.3 is 0 Å². The van der Waals surface area contributed by atoms with Gasteiger partial charge in [0.05, 0.1) is 4.90 Å². The van der Waals surface area contributed by atoms with Crippen molar-refractivity contribution < 1.29 is 8.42 Å². The highest BCUT2D eigenvalue weighted by Gasteiger charge is 2.18. The van der Waals surface area contributed by atoms with Crippen molar-refractivity contribution in [3.63, 3.8) is 0 Å². The number of nitrogens with zero attached hydrogens (tertiary/aromatic N) is 2. The second-order valence-electron chi connectivity index (χ2n) is 4.40. The van der Waals surface area contributed by atoms with Crippen LogP contribution in [-0.2, 0) is 10.0 Å². The first-order chi connectivity index (χ1) is 9.69. The Balaban J connectivity index is 2.43. The molecule has 0 aliphatic carbocycles. The molecule has 0 aliphatic heterocycles. The summed E-state index contributed by atoms with van der Waals surface area (Å²) in [6.45, 7) is 3.60. The van der Waals surface area contributed by atoms with E-state index in [0.717, 1.165) is 11.1 Å². The molecule has 0 aliphatic rings. The van der Waals surface area contributed by atoms with Crippen LogP contribution < -0.4 is 10.5 Å². The summed E-state index contributed by atoms with van der Waals surface area (Å²) in [5.41, 5.74) is 7.80. The molecule has 0 fully saturated rings. The van der Waals surface area contributed by atoms with Crippen LogP contribution in [0.2, 0.25) is 10.4 Å². The average molecular weight is 347 g/mol. The summed E-state index contributed by atoms with van der Waals surface area (Å²) in [6.07, 6.45) is 0. The van der Waals surface area contributed by atoms with Crippen molar-refractivity contribution in [3.05, 3.63) is 39.8 Å². The van der Waals surface area contributed by atoms with E-state index in [1.165, 1.54) is 18.2 Å². The maximum Gasteiger partial charge on any atom is 0.263 e. The van der Waals surface area contributed by atoms with E-state index in [2.05, 4.69) is 14.7 Å². The van der Waals surface area contributed by atoms with Gasteiger partial charge in [0.15, 0.2) is 0 Å². The smallest absolute Gasteiger partial charge is 0.263 e. The van der Waals surface area contributed by atoms with Gasteiger partial charge in [-0.05, 0) is 48.7 Å². The van der Waals surface area contributed by atoms with E-state index in [1.807, 2.05) is 6.92 Å². The first-order valence-corrected chi connectivity index (χ1v) is 8.02. The second-order valence-corrected chi connectivity index (χ2v) is 6.81. The van der Waals surface area contributed by atoms with Crippen LogP contribution in [0.15, 0.2) is 23.1 Å². The molecular formula is C12H12Cl2N4O2S. The molecule has 0 spiro atoms. The normalized spacial score (nSPS) is 11.4. The van der Waals surface area contributed by atoms with Crippen molar-refractivity contribution in [1.82, 2.24) is 9.97 Å². The number of rotatable bonds is 3. The quantitative estimate of drug-likeness (QED) is 0.505. The molecule has 1 aromatic heterocycles. The van der Waals surface area contributed by atoms with Crippen LogP contribution in [0.4, 0.5) is 11.5 Å². The van der Waals surface area contributed by atoms with Gasteiger partial charge in [-0.25, -0.2) is 13.4 Å². The molecule has 0 saturated carbocycles. The van der Waals surface area contributed by atoms with Crippen LogP contribution >= 0.6 is 23.2 Å². The molecule has 0 atom stereocenters. The van der Waals surface area contributed by atoms with Crippen molar-refractivity contribution in [2.45, 2.75) is 18.7 Å². The Labute approximate surface area is 132 Å². The van der Waals surface area contributed by atoms with Crippen molar-refractivity contribution in [3.8, 4) is 0 Å². The fourth-order valence-electron chi connectivity index (χ4n) is 1.65. The summed E-state index contributed by atoms with van der Waals surface area (Å²) in [5, 5.41) is -0.118. The molecule has 0 radical (unpaired) electrons. The second kappa shape index (κ2) is 5.67. The average Bonchev–Trinajstić information content (AvgIpc) is 2.33. The summed E-state index contributed by atoms with van der Waals surface area (Å²) in [4.78, 5) is 7.43. The molecule has 21 heavy (non-hydrogen) atoms. The SMILES string of the molecule is Cc1cc(S(=O)(=O)Nc2cc(Cl)nc(Cl)n2)cc(N)c1C. The van der Waals surface area contributed by atoms with Gasteiger partial charge < -0.3 is 5.73 Å². The summed E-state index contributed by atoms with van der Waals surface area (Å²) >= 11 is 11.3. The van der Waals surface area contributed by atoms with Gasteiger partial charge in [0, 0.05) is 11.8 Å². The molecule has 3 N–H and O–H groups in total. The highest BCUT2D eigenvalue weighted by molar-refractivity contribution is 7.92. The van der Waals surface area contributed by atoms with Gasteiger partial charge in [-0.2, -0.15) is 4.98 Å². The molecule has 2 rings (SSSR count). The number of aromatic nitrogens is 2. The molecule has 0 amide bonds. The van der Waals surface area contributed by atoms with Gasteiger partial charge in [0.2, 0.25) is 5.28 Å². The summed E-state index contributed by atoms with van der Waals surface area (Å²) in [7, 11) is -3.85. The summed E-state index contributed by atoms with van der Waals surface area (Å²) < 4.78 is 26.9. The molecule has 112 valence electrons. The van der Waals surface area contributed by atoms with Crippen molar-refractivity contribution in [2.24, 2.45) is 0 Å². The van der Waals surface area contributed by atoms with Gasteiger partial charge in [0.25, 0.3) is 10.0 Å². The van der Waals surface area contributed by atoms with Gasteiger partial charge in [-0.3, -0.25) is 4.72 Å². The number of anilines is 2. The Kier molecular flexibility index (Phi) is 4.27.